The first-order valence-electron chi connectivity index (χ1n) is 8.69. The van der Waals surface area contributed by atoms with Crippen LogP contribution in [0.25, 0.3) is 0 Å². The van der Waals surface area contributed by atoms with Crippen LogP contribution in [0.1, 0.15) is 43.7 Å². The summed E-state index contributed by atoms with van der Waals surface area (Å²) in [7, 11) is 0. The van der Waals surface area contributed by atoms with Crippen molar-refractivity contribution in [3.63, 3.8) is 0 Å². The van der Waals surface area contributed by atoms with Crippen LogP contribution >= 0.6 is 0 Å². The van der Waals surface area contributed by atoms with Gasteiger partial charge in [-0.15, -0.1) is 0 Å². The van der Waals surface area contributed by atoms with Crippen molar-refractivity contribution in [3.05, 3.63) is 29.3 Å². The third-order valence-electron chi connectivity index (χ3n) is 4.88. The first-order chi connectivity index (χ1) is 10.6. The first-order valence-corrected chi connectivity index (χ1v) is 8.69. The Hall–Kier alpha value is -1.51. The van der Waals surface area contributed by atoms with Gasteiger partial charge in [0.15, 0.2) is 0 Å². The van der Waals surface area contributed by atoms with Gasteiger partial charge in [-0.1, -0.05) is 6.07 Å². The van der Waals surface area contributed by atoms with Crippen molar-refractivity contribution in [1.29, 1.82) is 0 Å². The van der Waals surface area contributed by atoms with E-state index >= 15 is 0 Å². The number of carbonyl (C=O) groups is 1. The molecule has 2 aliphatic rings. The van der Waals surface area contributed by atoms with Crippen molar-refractivity contribution in [2.24, 2.45) is 11.8 Å². The fourth-order valence-corrected chi connectivity index (χ4v) is 3.46. The molecular weight excluding hydrogens is 272 g/mol. The highest BCUT2D eigenvalue weighted by molar-refractivity contribution is 5.81. The monoisotopic (exact) mass is 300 g/mol. The van der Waals surface area contributed by atoms with E-state index in [0.717, 1.165) is 24.1 Å². The highest BCUT2D eigenvalue weighted by Crippen LogP contribution is 2.44. The van der Waals surface area contributed by atoms with Crippen LogP contribution in [0.3, 0.4) is 0 Å². The fraction of sp³-hybridized carbons (Fsp3) is 0.632. The van der Waals surface area contributed by atoms with E-state index in [2.05, 4.69) is 49.2 Å². The molecule has 0 unspecified atom stereocenters. The Morgan fingerprint density at radius 2 is 1.68 bits per heavy atom. The molecule has 22 heavy (non-hydrogen) atoms. The van der Waals surface area contributed by atoms with Gasteiger partial charge >= 0.3 is 0 Å². The van der Waals surface area contributed by atoms with Gasteiger partial charge in [-0.25, -0.2) is 0 Å². The van der Waals surface area contributed by atoms with Gasteiger partial charge in [0, 0.05) is 18.3 Å². The van der Waals surface area contributed by atoms with E-state index in [9.17, 15) is 4.79 Å². The van der Waals surface area contributed by atoms with Crippen molar-refractivity contribution in [2.75, 3.05) is 18.0 Å². The zero-order valence-electron chi connectivity index (χ0n) is 14.1. The molecule has 0 atom stereocenters. The third kappa shape index (κ3) is 3.82. The SMILES string of the molecule is CCN(CC(=O)NC(C1CC1)C1CC1)c1cc(C)cc(C)c1. The molecule has 3 heteroatoms. The lowest BCUT2D eigenvalue weighted by atomic mass is 10.1. The Kier molecular flexibility index (Phi) is 4.42. The summed E-state index contributed by atoms with van der Waals surface area (Å²) in [6.45, 7) is 7.66. The van der Waals surface area contributed by atoms with Crippen molar-refractivity contribution < 1.29 is 4.79 Å². The topological polar surface area (TPSA) is 32.3 Å². The molecule has 2 aliphatic carbocycles. The van der Waals surface area contributed by atoms with Crippen molar-refractivity contribution in [2.45, 2.75) is 52.5 Å². The second-order valence-electron chi connectivity index (χ2n) is 7.13. The van der Waals surface area contributed by atoms with Gasteiger partial charge in [-0.2, -0.15) is 0 Å². The summed E-state index contributed by atoms with van der Waals surface area (Å²) in [5.74, 6) is 1.70. The number of likely N-dealkylation sites (N-methyl/N-ethyl adjacent to an activating group) is 1. The molecule has 2 saturated carbocycles. The van der Waals surface area contributed by atoms with Gasteiger partial charge in [-0.3, -0.25) is 4.79 Å². The molecule has 0 saturated heterocycles. The van der Waals surface area contributed by atoms with Crippen LogP contribution < -0.4 is 10.2 Å². The molecule has 3 rings (SSSR count). The predicted molar refractivity (Wildman–Crippen MR) is 91.2 cm³/mol. The van der Waals surface area contributed by atoms with E-state index in [1.165, 1.54) is 36.8 Å². The number of rotatable bonds is 7. The van der Waals surface area contributed by atoms with E-state index in [1.807, 2.05) is 0 Å². The molecule has 120 valence electrons. The molecule has 3 nitrogen and oxygen atoms in total. The Morgan fingerprint density at radius 3 is 2.14 bits per heavy atom. The second-order valence-corrected chi connectivity index (χ2v) is 7.13. The zero-order chi connectivity index (χ0) is 15.7. The van der Waals surface area contributed by atoms with Crippen LogP contribution in [0.2, 0.25) is 0 Å². The van der Waals surface area contributed by atoms with E-state index < -0.39 is 0 Å². The first kappa shape index (κ1) is 15.4. The van der Waals surface area contributed by atoms with E-state index in [1.54, 1.807) is 0 Å². The summed E-state index contributed by atoms with van der Waals surface area (Å²) in [6, 6.07) is 6.96. The molecule has 1 aromatic rings. The van der Waals surface area contributed by atoms with Gasteiger partial charge in [0.05, 0.1) is 6.54 Å². The standard InChI is InChI=1S/C19H28N2O/c1-4-21(17-10-13(2)9-14(3)11-17)12-18(22)20-19(15-5-6-15)16-7-8-16/h9-11,15-16,19H,4-8,12H2,1-3H3,(H,20,22). The Bertz CT molecular complexity index is 514. The lowest BCUT2D eigenvalue weighted by Gasteiger charge is -2.25. The maximum atomic E-state index is 12.5. The minimum Gasteiger partial charge on any atom is -0.362 e. The number of benzene rings is 1. The second kappa shape index (κ2) is 6.31. The van der Waals surface area contributed by atoms with Gasteiger partial charge < -0.3 is 10.2 Å². The van der Waals surface area contributed by atoms with Crippen LogP contribution in [-0.2, 0) is 4.79 Å². The number of nitrogens with one attached hydrogen (secondary N) is 1. The van der Waals surface area contributed by atoms with Gasteiger partial charge in [0.25, 0.3) is 0 Å². The van der Waals surface area contributed by atoms with E-state index in [4.69, 9.17) is 0 Å². The van der Waals surface area contributed by atoms with E-state index in [-0.39, 0.29) is 5.91 Å². The summed E-state index contributed by atoms with van der Waals surface area (Å²) in [5, 5.41) is 3.32. The summed E-state index contributed by atoms with van der Waals surface area (Å²) in [6.07, 6.45) is 5.21. The summed E-state index contributed by atoms with van der Waals surface area (Å²) in [5.41, 5.74) is 3.66. The normalized spacial score (nSPS) is 17.6. The number of amides is 1. The molecule has 1 aromatic carbocycles. The number of anilines is 1. The molecule has 0 aliphatic heterocycles. The minimum absolute atomic E-state index is 0.185. The van der Waals surface area contributed by atoms with Gasteiger partial charge in [0.1, 0.15) is 0 Å². The summed E-state index contributed by atoms with van der Waals surface area (Å²) in [4.78, 5) is 14.7. The summed E-state index contributed by atoms with van der Waals surface area (Å²) >= 11 is 0. The average molecular weight is 300 g/mol. The number of nitrogens with zero attached hydrogens (tertiary/aromatic N) is 1. The lowest BCUT2D eigenvalue weighted by molar-refractivity contribution is -0.120. The molecule has 2 fully saturated rings. The molecule has 0 spiro atoms. The maximum absolute atomic E-state index is 12.5. The van der Waals surface area contributed by atoms with E-state index in [0.29, 0.717) is 12.6 Å². The van der Waals surface area contributed by atoms with Crippen LogP contribution in [0.4, 0.5) is 5.69 Å². The minimum atomic E-state index is 0.185. The molecule has 1 amide bonds. The highest BCUT2D eigenvalue weighted by atomic mass is 16.2. The Morgan fingerprint density at radius 1 is 1.14 bits per heavy atom. The van der Waals surface area contributed by atoms with Crippen molar-refractivity contribution >= 4 is 11.6 Å². The number of aryl methyl sites for hydroxylation is 2. The van der Waals surface area contributed by atoms with Gasteiger partial charge in [0.2, 0.25) is 5.91 Å². The molecule has 0 aromatic heterocycles. The fourth-order valence-electron chi connectivity index (χ4n) is 3.46. The number of carbonyl (C=O) groups excluding carboxylic acids is 1. The number of hydrogen-bond acceptors (Lipinski definition) is 2. The quantitative estimate of drug-likeness (QED) is 0.836. The van der Waals surface area contributed by atoms with Crippen LogP contribution in [0, 0.1) is 25.7 Å². The molecular formula is C19H28N2O. The van der Waals surface area contributed by atoms with Crippen LogP contribution in [-0.4, -0.2) is 25.0 Å². The van der Waals surface area contributed by atoms with Gasteiger partial charge in [-0.05, 0) is 81.5 Å². The molecule has 0 radical (unpaired) electrons. The molecule has 1 N–H and O–H groups in total. The van der Waals surface area contributed by atoms with Crippen molar-refractivity contribution in [1.82, 2.24) is 5.32 Å². The lowest BCUT2D eigenvalue weighted by Crippen LogP contribution is -2.44. The molecule has 0 heterocycles. The maximum Gasteiger partial charge on any atom is 0.239 e. The third-order valence-corrected chi connectivity index (χ3v) is 4.88. The Labute approximate surface area is 134 Å². The number of hydrogen-bond donors (Lipinski definition) is 1. The highest BCUT2D eigenvalue weighted by Gasteiger charge is 2.42. The average Bonchev–Trinajstić information content (AvgIpc) is 3.35. The zero-order valence-corrected chi connectivity index (χ0v) is 14.1. The smallest absolute Gasteiger partial charge is 0.239 e. The van der Waals surface area contributed by atoms with Crippen molar-refractivity contribution in [3.8, 4) is 0 Å². The largest absolute Gasteiger partial charge is 0.362 e. The van der Waals surface area contributed by atoms with Crippen LogP contribution in [0.5, 0.6) is 0 Å². The van der Waals surface area contributed by atoms with Crippen LogP contribution in [0.15, 0.2) is 18.2 Å². The predicted octanol–water partition coefficient (Wildman–Crippen LogP) is 3.43. The summed E-state index contributed by atoms with van der Waals surface area (Å²) < 4.78 is 0. The molecule has 0 bridgehead atoms. The Balaban J connectivity index is 1.62.